The Morgan fingerprint density at radius 1 is 1.25 bits per heavy atom. The lowest BCUT2D eigenvalue weighted by molar-refractivity contribution is 0.0991. The molecule has 0 amide bonds. The minimum absolute atomic E-state index is 0.0432. The van der Waals surface area contributed by atoms with Crippen molar-refractivity contribution in [1.29, 1.82) is 0 Å². The first-order valence-corrected chi connectivity index (χ1v) is 7.21. The number of carbonyl (C=O) groups is 1. The third-order valence-electron chi connectivity index (χ3n) is 3.02. The van der Waals surface area contributed by atoms with Crippen molar-refractivity contribution in [3.63, 3.8) is 0 Å². The first kappa shape index (κ1) is 15.0. The number of carbonyl (C=O) groups excluding carboxylic acids is 1. The molecule has 0 N–H and O–H groups in total. The zero-order valence-electron chi connectivity index (χ0n) is 11.2. The molecule has 0 saturated heterocycles. The van der Waals surface area contributed by atoms with E-state index in [1.54, 1.807) is 7.11 Å². The molecule has 0 fully saturated rings. The highest BCUT2D eigenvalue weighted by atomic mass is 127. The molecule has 20 heavy (non-hydrogen) atoms. The minimum Gasteiger partial charge on any atom is -0.496 e. The van der Waals surface area contributed by atoms with Gasteiger partial charge in [-0.3, -0.25) is 4.79 Å². The summed E-state index contributed by atoms with van der Waals surface area (Å²) in [6.45, 7) is 1.97. The maximum absolute atomic E-state index is 13.1. The summed E-state index contributed by atoms with van der Waals surface area (Å²) in [5.41, 5.74) is 2.45. The van der Waals surface area contributed by atoms with Gasteiger partial charge in [-0.2, -0.15) is 0 Å². The van der Waals surface area contributed by atoms with E-state index >= 15 is 0 Å². The average molecular weight is 384 g/mol. The van der Waals surface area contributed by atoms with Gasteiger partial charge >= 0.3 is 0 Å². The summed E-state index contributed by atoms with van der Waals surface area (Å²) >= 11 is 1.98. The van der Waals surface area contributed by atoms with Crippen molar-refractivity contribution in [1.82, 2.24) is 0 Å². The van der Waals surface area contributed by atoms with Crippen molar-refractivity contribution in [2.24, 2.45) is 0 Å². The largest absolute Gasteiger partial charge is 0.496 e. The van der Waals surface area contributed by atoms with Gasteiger partial charge in [-0.05, 0) is 53.8 Å². The van der Waals surface area contributed by atoms with Crippen LogP contribution in [-0.2, 0) is 6.42 Å². The molecule has 0 saturated carbocycles. The van der Waals surface area contributed by atoms with Crippen LogP contribution in [0.3, 0.4) is 0 Å². The zero-order valence-corrected chi connectivity index (χ0v) is 13.4. The van der Waals surface area contributed by atoms with Gasteiger partial charge in [0.2, 0.25) is 0 Å². The second-order valence-electron chi connectivity index (χ2n) is 4.54. The SMILES string of the molecule is COc1ccc(C)cc1CC(=O)c1ccc(F)cc1I. The lowest BCUT2D eigenvalue weighted by atomic mass is 10.0. The summed E-state index contributed by atoms with van der Waals surface area (Å²) in [6, 6.07) is 9.93. The summed E-state index contributed by atoms with van der Waals surface area (Å²) in [7, 11) is 1.58. The maximum atomic E-state index is 13.1. The predicted molar refractivity (Wildman–Crippen MR) is 84.9 cm³/mol. The van der Waals surface area contributed by atoms with Gasteiger partial charge in [0, 0.05) is 21.1 Å². The van der Waals surface area contributed by atoms with E-state index in [2.05, 4.69) is 0 Å². The molecule has 0 aliphatic heterocycles. The Hall–Kier alpha value is -1.43. The van der Waals surface area contributed by atoms with Crippen LogP contribution in [0.15, 0.2) is 36.4 Å². The molecule has 2 rings (SSSR count). The van der Waals surface area contributed by atoms with Gasteiger partial charge < -0.3 is 4.74 Å². The fourth-order valence-electron chi connectivity index (χ4n) is 2.03. The van der Waals surface area contributed by atoms with E-state index in [1.807, 2.05) is 47.7 Å². The Bertz CT molecular complexity index is 653. The molecule has 0 aliphatic carbocycles. The molecular weight excluding hydrogens is 370 g/mol. The van der Waals surface area contributed by atoms with Gasteiger partial charge in [0.25, 0.3) is 0 Å². The third-order valence-corrected chi connectivity index (χ3v) is 3.91. The molecule has 0 atom stereocenters. The number of hydrogen-bond donors (Lipinski definition) is 0. The molecule has 0 radical (unpaired) electrons. The van der Waals surface area contributed by atoms with Gasteiger partial charge in [-0.15, -0.1) is 0 Å². The lowest BCUT2D eigenvalue weighted by Crippen LogP contribution is -2.07. The van der Waals surface area contributed by atoms with Crippen LogP contribution in [0.25, 0.3) is 0 Å². The van der Waals surface area contributed by atoms with Crippen LogP contribution in [-0.4, -0.2) is 12.9 Å². The highest BCUT2D eigenvalue weighted by molar-refractivity contribution is 14.1. The molecule has 0 heterocycles. The van der Waals surface area contributed by atoms with Crippen molar-refractivity contribution in [2.75, 3.05) is 7.11 Å². The first-order valence-electron chi connectivity index (χ1n) is 6.13. The van der Waals surface area contributed by atoms with Gasteiger partial charge in [0.05, 0.1) is 7.11 Å². The monoisotopic (exact) mass is 384 g/mol. The Morgan fingerprint density at radius 3 is 2.65 bits per heavy atom. The number of Topliss-reactive ketones (excluding diaryl/α,β-unsaturated/α-hetero) is 1. The molecule has 0 spiro atoms. The fourth-order valence-corrected chi connectivity index (χ4v) is 2.81. The van der Waals surface area contributed by atoms with Gasteiger partial charge in [-0.25, -0.2) is 4.39 Å². The standard InChI is InChI=1S/C16H14FIO2/c1-10-3-6-16(20-2)11(7-10)8-15(19)13-5-4-12(17)9-14(13)18/h3-7,9H,8H2,1-2H3. The highest BCUT2D eigenvalue weighted by Gasteiger charge is 2.14. The Labute approximate surface area is 131 Å². The van der Waals surface area contributed by atoms with E-state index in [4.69, 9.17) is 4.74 Å². The lowest BCUT2D eigenvalue weighted by Gasteiger charge is -2.10. The second kappa shape index (κ2) is 6.35. The summed E-state index contributed by atoms with van der Waals surface area (Å²) in [6.07, 6.45) is 0.243. The molecule has 2 nitrogen and oxygen atoms in total. The number of aryl methyl sites for hydroxylation is 1. The van der Waals surface area contributed by atoms with E-state index in [0.717, 1.165) is 11.1 Å². The van der Waals surface area contributed by atoms with Crippen molar-refractivity contribution in [2.45, 2.75) is 13.3 Å². The molecule has 104 valence electrons. The number of halogens is 2. The van der Waals surface area contributed by atoms with Crippen LogP contribution >= 0.6 is 22.6 Å². The van der Waals surface area contributed by atoms with Crippen molar-refractivity contribution < 1.29 is 13.9 Å². The summed E-state index contributed by atoms with van der Waals surface area (Å²) < 4.78 is 19.0. The third kappa shape index (κ3) is 3.36. The molecule has 0 aliphatic rings. The van der Waals surface area contributed by atoms with Crippen LogP contribution in [0.1, 0.15) is 21.5 Å². The number of hydrogen-bond acceptors (Lipinski definition) is 2. The Morgan fingerprint density at radius 2 is 2.00 bits per heavy atom. The predicted octanol–water partition coefficient (Wildman–Crippen LogP) is 4.17. The van der Waals surface area contributed by atoms with Crippen LogP contribution < -0.4 is 4.74 Å². The van der Waals surface area contributed by atoms with E-state index < -0.39 is 0 Å². The topological polar surface area (TPSA) is 26.3 Å². The van der Waals surface area contributed by atoms with E-state index in [-0.39, 0.29) is 18.0 Å². The number of rotatable bonds is 4. The van der Waals surface area contributed by atoms with Gasteiger partial charge in [0.1, 0.15) is 11.6 Å². The maximum Gasteiger partial charge on any atom is 0.168 e. The molecule has 0 aromatic heterocycles. The number of methoxy groups -OCH3 is 1. The van der Waals surface area contributed by atoms with Gasteiger partial charge in [-0.1, -0.05) is 17.7 Å². The highest BCUT2D eigenvalue weighted by Crippen LogP contribution is 2.23. The fraction of sp³-hybridized carbons (Fsp3) is 0.188. The molecule has 0 bridgehead atoms. The molecule has 0 unspecified atom stereocenters. The molecule has 2 aromatic rings. The minimum atomic E-state index is -0.334. The quantitative estimate of drug-likeness (QED) is 0.584. The number of benzene rings is 2. The van der Waals surface area contributed by atoms with Crippen LogP contribution in [0.5, 0.6) is 5.75 Å². The number of ether oxygens (including phenoxy) is 1. The summed E-state index contributed by atoms with van der Waals surface area (Å²) in [5, 5.41) is 0. The second-order valence-corrected chi connectivity index (χ2v) is 5.70. The average Bonchev–Trinajstić information content (AvgIpc) is 2.38. The summed E-state index contributed by atoms with van der Waals surface area (Å²) in [4.78, 5) is 12.3. The zero-order chi connectivity index (χ0) is 14.7. The van der Waals surface area contributed by atoms with E-state index in [0.29, 0.717) is 14.9 Å². The van der Waals surface area contributed by atoms with E-state index in [1.165, 1.54) is 18.2 Å². The van der Waals surface area contributed by atoms with E-state index in [9.17, 15) is 9.18 Å². The van der Waals surface area contributed by atoms with Crippen molar-refractivity contribution in [3.05, 3.63) is 62.5 Å². The Balaban J connectivity index is 2.30. The van der Waals surface area contributed by atoms with Crippen molar-refractivity contribution >= 4 is 28.4 Å². The molecule has 2 aromatic carbocycles. The smallest absolute Gasteiger partial charge is 0.168 e. The normalized spacial score (nSPS) is 10.4. The number of ketones is 1. The van der Waals surface area contributed by atoms with Crippen molar-refractivity contribution in [3.8, 4) is 5.75 Å². The van der Waals surface area contributed by atoms with Crippen LogP contribution in [0.4, 0.5) is 4.39 Å². The Kier molecular flexibility index (Phi) is 4.75. The van der Waals surface area contributed by atoms with Crippen LogP contribution in [0, 0.1) is 16.3 Å². The molecular formula is C16H14FIO2. The molecule has 4 heteroatoms. The first-order chi connectivity index (χ1) is 9.51. The van der Waals surface area contributed by atoms with Gasteiger partial charge in [0.15, 0.2) is 5.78 Å². The van der Waals surface area contributed by atoms with Crippen LogP contribution in [0.2, 0.25) is 0 Å². The summed E-state index contributed by atoms with van der Waals surface area (Å²) in [5.74, 6) is 0.318.